The minimum absolute atomic E-state index is 0.0697. The van der Waals surface area contributed by atoms with Gasteiger partial charge in [-0.3, -0.25) is 9.69 Å². The monoisotopic (exact) mass is 402 g/mol. The molecule has 1 aromatic carbocycles. The molecule has 1 saturated carbocycles. The molecular weight excluding hydrogens is 372 g/mol. The van der Waals surface area contributed by atoms with Crippen molar-refractivity contribution in [2.45, 2.75) is 70.7 Å². The van der Waals surface area contributed by atoms with Gasteiger partial charge in [-0.15, -0.1) is 0 Å². The average Bonchev–Trinajstić information content (AvgIpc) is 3.27. The number of esters is 1. The summed E-state index contributed by atoms with van der Waals surface area (Å²) in [4.78, 5) is 39.0. The van der Waals surface area contributed by atoms with Crippen molar-refractivity contribution in [3.8, 4) is 0 Å². The summed E-state index contributed by atoms with van der Waals surface area (Å²) in [6.45, 7) is 7.37. The molecule has 3 rings (SSSR count). The van der Waals surface area contributed by atoms with Crippen molar-refractivity contribution in [1.29, 1.82) is 0 Å². The lowest BCUT2D eigenvalue weighted by molar-refractivity contribution is -0.128. The SMILES string of the molecule is COC(=O)c1ccc([C@H](C)NC(=O)[C@H]2[C@@H]3CC[C@@H](C3)N2C(=O)OC(C)(C)C)cc1. The lowest BCUT2D eigenvalue weighted by atomic mass is 9.97. The van der Waals surface area contributed by atoms with Crippen molar-refractivity contribution in [3.63, 3.8) is 0 Å². The number of rotatable bonds is 4. The molecule has 7 nitrogen and oxygen atoms in total. The van der Waals surface area contributed by atoms with Gasteiger partial charge in [-0.2, -0.15) is 0 Å². The van der Waals surface area contributed by atoms with Crippen LogP contribution < -0.4 is 5.32 Å². The first-order valence-corrected chi connectivity index (χ1v) is 10.1. The molecule has 2 fully saturated rings. The Balaban J connectivity index is 1.69. The highest BCUT2D eigenvalue weighted by atomic mass is 16.6. The third-order valence-electron chi connectivity index (χ3n) is 5.65. The molecule has 2 bridgehead atoms. The van der Waals surface area contributed by atoms with Crippen LogP contribution in [-0.4, -0.2) is 47.7 Å². The number of nitrogens with zero attached hydrogens (tertiary/aromatic N) is 1. The second-order valence-corrected chi connectivity index (χ2v) is 8.90. The highest BCUT2D eigenvalue weighted by molar-refractivity contribution is 5.89. The Morgan fingerprint density at radius 2 is 1.79 bits per heavy atom. The zero-order chi connectivity index (χ0) is 21.3. The van der Waals surface area contributed by atoms with Gasteiger partial charge in [0.2, 0.25) is 5.91 Å². The first kappa shape index (κ1) is 21.1. The van der Waals surface area contributed by atoms with E-state index >= 15 is 0 Å². The first-order valence-electron chi connectivity index (χ1n) is 10.1. The van der Waals surface area contributed by atoms with Gasteiger partial charge in [-0.05, 0) is 70.6 Å². The Morgan fingerprint density at radius 1 is 1.14 bits per heavy atom. The van der Waals surface area contributed by atoms with E-state index < -0.39 is 23.7 Å². The third kappa shape index (κ3) is 4.54. The molecular formula is C22H30N2O5. The van der Waals surface area contributed by atoms with E-state index in [0.717, 1.165) is 24.8 Å². The standard InChI is InChI=1S/C22H30N2O5/c1-13(14-6-8-15(9-7-14)20(26)28-5)23-19(25)18-16-10-11-17(12-16)24(18)21(27)29-22(2,3)4/h6-9,13,16-18H,10-12H2,1-5H3,(H,23,25)/t13-,16+,17-,18+/m0/s1. The molecule has 1 aliphatic carbocycles. The molecule has 2 amide bonds. The normalized spacial score (nSPS) is 24.2. The largest absolute Gasteiger partial charge is 0.465 e. The number of nitrogens with one attached hydrogen (secondary N) is 1. The van der Waals surface area contributed by atoms with Crippen LogP contribution in [0.4, 0.5) is 4.79 Å². The third-order valence-corrected chi connectivity index (χ3v) is 5.65. The van der Waals surface area contributed by atoms with Crippen LogP contribution in [0.15, 0.2) is 24.3 Å². The number of fused-ring (bicyclic) bond motifs is 2. The Labute approximate surface area is 171 Å². The zero-order valence-corrected chi connectivity index (χ0v) is 17.7. The molecule has 1 aliphatic heterocycles. The number of hydrogen-bond donors (Lipinski definition) is 1. The van der Waals surface area contributed by atoms with Crippen LogP contribution >= 0.6 is 0 Å². The Bertz CT molecular complexity index is 783. The van der Waals surface area contributed by atoms with E-state index in [2.05, 4.69) is 5.32 Å². The fourth-order valence-corrected chi connectivity index (χ4v) is 4.31. The highest BCUT2D eigenvalue weighted by Gasteiger charge is 2.52. The van der Waals surface area contributed by atoms with Crippen LogP contribution in [0.2, 0.25) is 0 Å². The average molecular weight is 402 g/mol. The van der Waals surface area contributed by atoms with Gasteiger partial charge in [-0.25, -0.2) is 9.59 Å². The van der Waals surface area contributed by atoms with Crippen LogP contribution in [0, 0.1) is 5.92 Å². The van der Waals surface area contributed by atoms with Crippen molar-refractivity contribution in [2.75, 3.05) is 7.11 Å². The number of carbonyl (C=O) groups is 3. The number of likely N-dealkylation sites (tertiary alicyclic amines) is 1. The summed E-state index contributed by atoms with van der Waals surface area (Å²) in [5.74, 6) is -0.391. The van der Waals surface area contributed by atoms with Crippen molar-refractivity contribution < 1.29 is 23.9 Å². The maximum Gasteiger partial charge on any atom is 0.411 e. The maximum atomic E-state index is 13.1. The summed E-state index contributed by atoms with van der Waals surface area (Å²) in [5.41, 5.74) is 0.728. The maximum absolute atomic E-state index is 13.1. The molecule has 158 valence electrons. The number of piperidine rings is 1. The van der Waals surface area contributed by atoms with E-state index in [0.29, 0.717) is 5.56 Å². The Morgan fingerprint density at radius 3 is 2.38 bits per heavy atom. The Kier molecular flexibility index (Phi) is 5.87. The van der Waals surface area contributed by atoms with Gasteiger partial charge in [0, 0.05) is 6.04 Å². The summed E-state index contributed by atoms with van der Waals surface area (Å²) in [5, 5.41) is 3.03. The second kappa shape index (κ2) is 8.05. The van der Waals surface area contributed by atoms with Crippen LogP contribution in [0.25, 0.3) is 0 Å². The molecule has 0 radical (unpaired) electrons. The topological polar surface area (TPSA) is 84.9 Å². The number of amides is 2. The van der Waals surface area contributed by atoms with Gasteiger partial charge in [-0.1, -0.05) is 12.1 Å². The molecule has 7 heteroatoms. The van der Waals surface area contributed by atoms with E-state index in [1.807, 2.05) is 27.7 Å². The lowest BCUT2D eigenvalue weighted by Crippen LogP contribution is -2.54. The number of ether oxygens (including phenoxy) is 2. The van der Waals surface area contributed by atoms with Crippen molar-refractivity contribution >= 4 is 18.0 Å². The molecule has 2 aliphatic rings. The Hall–Kier alpha value is -2.57. The molecule has 1 heterocycles. The lowest BCUT2D eigenvalue weighted by Gasteiger charge is -2.36. The van der Waals surface area contributed by atoms with Crippen molar-refractivity contribution in [3.05, 3.63) is 35.4 Å². The first-order chi connectivity index (χ1) is 13.6. The van der Waals surface area contributed by atoms with E-state index in [1.165, 1.54) is 7.11 Å². The van der Waals surface area contributed by atoms with Crippen LogP contribution in [0.5, 0.6) is 0 Å². The summed E-state index contributed by atoms with van der Waals surface area (Å²) < 4.78 is 10.3. The summed E-state index contributed by atoms with van der Waals surface area (Å²) in [7, 11) is 1.34. The van der Waals surface area contributed by atoms with Crippen LogP contribution in [-0.2, 0) is 14.3 Å². The fourth-order valence-electron chi connectivity index (χ4n) is 4.31. The van der Waals surface area contributed by atoms with Crippen LogP contribution in [0.3, 0.4) is 0 Å². The zero-order valence-electron chi connectivity index (χ0n) is 17.7. The number of hydrogen-bond acceptors (Lipinski definition) is 5. The smallest absolute Gasteiger partial charge is 0.411 e. The van der Waals surface area contributed by atoms with Gasteiger partial charge in [0.15, 0.2) is 0 Å². The van der Waals surface area contributed by atoms with Gasteiger partial charge < -0.3 is 14.8 Å². The van der Waals surface area contributed by atoms with E-state index in [-0.39, 0.29) is 23.9 Å². The number of benzene rings is 1. The van der Waals surface area contributed by atoms with Crippen molar-refractivity contribution in [1.82, 2.24) is 10.2 Å². The van der Waals surface area contributed by atoms with Gasteiger partial charge in [0.1, 0.15) is 11.6 Å². The molecule has 0 unspecified atom stereocenters. The molecule has 1 aromatic rings. The summed E-state index contributed by atoms with van der Waals surface area (Å²) in [6.07, 6.45) is 2.29. The molecule has 29 heavy (non-hydrogen) atoms. The van der Waals surface area contributed by atoms with E-state index in [1.54, 1.807) is 29.2 Å². The molecule has 4 atom stereocenters. The predicted octanol–water partition coefficient (Wildman–Crippen LogP) is 3.44. The molecule has 1 saturated heterocycles. The van der Waals surface area contributed by atoms with Crippen molar-refractivity contribution in [2.24, 2.45) is 5.92 Å². The second-order valence-electron chi connectivity index (χ2n) is 8.90. The van der Waals surface area contributed by atoms with E-state index in [4.69, 9.17) is 9.47 Å². The number of carbonyl (C=O) groups excluding carboxylic acids is 3. The van der Waals surface area contributed by atoms with Crippen LogP contribution in [0.1, 0.15) is 68.9 Å². The minimum Gasteiger partial charge on any atom is -0.465 e. The van der Waals surface area contributed by atoms with Gasteiger partial charge in [0.05, 0.1) is 18.7 Å². The highest BCUT2D eigenvalue weighted by Crippen LogP contribution is 2.43. The quantitative estimate of drug-likeness (QED) is 0.780. The fraction of sp³-hybridized carbons (Fsp3) is 0.591. The molecule has 0 spiro atoms. The molecule has 1 N–H and O–H groups in total. The predicted molar refractivity (Wildman–Crippen MR) is 107 cm³/mol. The summed E-state index contributed by atoms with van der Waals surface area (Å²) >= 11 is 0. The van der Waals surface area contributed by atoms with Gasteiger partial charge in [0.25, 0.3) is 0 Å². The molecule has 0 aromatic heterocycles. The minimum atomic E-state index is -0.603. The van der Waals surface area contributed by atoms with Gasteiger partial charge >= 0.3 is 12.1 Å². The number of methoxy groups -OCH3 is 1. The van der Waals surface area contributed by atoms with E-state index in [9.17, 15) is 14.4 Å². The summed E-state index contributed by atoms with van der Waals surface area (Å²) in [6, 6.07) is 6.25.